The minimum absolute atomic E-state index is 0.0324. The molecule has 10 aliphatic rings. The minimum atomic E-state index is -0.937. The van der Waals surface area contributed by atoms with E-state index in [-0.39, 0.29) is 37.1 Å². The lowest BCUT2D eigenvalue weighted by Gasteiger charge is -2.34. The molecule has 9 saturated heterocycles. The fraction of sp³-hybridized carbons (Fsp3) is 0.885. The van der Waals surface area contributed by atoms with Crippen LogP contribution in [-0.2, 0) is 33.4 Å². The van der Waals surface area contributed by atoms with E-state index in [0.29, 0.717) is 38.6 Å². The molecule has 0 saturated carbocycles. The molecule has 10 atom stereocenters. The zero-order valence-electron chi connectivity index (χ0n) is 58.3. The number of nitrogens with zero attached hydrogens (tertiary/aromatic N) is 11. The monoisotopic (exact) mass is 1330 g/mol. The second-order valence-electron chi connectivity index (χ2n) is 25.2. The van der Waals surface area contributed by atoms with Crippen LogP contribution in [0.2, 0.25) is 0 Å². The number of hydrogen-bond donors (Lipinski definition) is 13. The van der Waals surface area contributed by atoms with Crippen LogP contribution in [0.4, 0.5) is 0 Å². The lowest BCUT2D eigenvalue weighted by molar-refractivity contribution is -0.147. The van der Waals surface area contributed by atoms with Gasteiger partial charge in [0.25, 0.3) is 0 Å². The molecule has 0 aromatic rings. The van der Waals surface area contributed by atoms with Crippen LogP contribution in [0.1, 0.15) is 57.8 Å². The molecule has 0 aromatic heterocycles. The molecule has 0 aliphatic carbocycles. The average molecular weight is 1330 g/mol. The number of methoxy groups -OCH3 is 2. The predicted octanol–water partition coefficient (Wildman–Crippen LogP) is -3.82. The van der Waals surface area contributed by atoms with Gasteiger partial charge in [0, 0.05) is 106 Å². The smallest absolute Gasteiger partial charge is 0.324 e. The molecule has 0 spiro atoms. The third-order valence-electron chi connectivity index (χ3n) is 16.2. The lowest BCUT2D eigenvalue weighted by Crippen LogP contribution is -2.49. The van der Waals surface area contributed by atoms with Gasteiger partial charge in [-0.3, -0.25) is 53.4 Å². The zero-order chi connectivity index (χ0) is 70.8. The maximum absolute atomic E-state index is 10.4. The van der Waals surface area contributed by atoms with Gasteiger partial charge in [-0.15, -0.1) is 0 Å². The van der Waals surface area contributed by atoms with E-state index >= 15 is 0 Å². The van der Waals surface area contributed by atoms with Gasteiger partial charge in [0.1, 0.15) is 36.4 Å². The van der Waals surface area contributed by atoms with E-state index in [2.05, 4.69) is 43.9 Å². The molecule has 92 heavy (non-hydrogen) atoms. The third kappa shape index (κ3) is 41.9. The number of likely N-dealkylation sites (N-methyl/N-ethyl adjacent to an activating group) is 10. The van der Waals surface area contributed by atoms with Gasteiger partial charge in [-0.1, -0.05) is 12.2 Å². The lowest BCUT2D eigenvalue weighted by atomic mass is 10.1. The molecular weight excluding hydrogens is 1200 g/mol. The Morgan fingerprint density at radius 3 is 1.18 bits per heavy atom. The summed E-state index contributed by atoms with van der Waals surface area (Å²) in [5.41, 5.74) is 0. The first kappa shape index (κ1) is 90.3. The molecule has 31 nitrogen and oxygen atoms in total. The zero-order valence-corrected chi connectivity index (χ0v) is 58.3. The van der Waals surface area contributed by atoms with Gasteiger partial charge in [0.15, 0.2) is 0 Å². The number of carbonyl (C=O) groups is 5. The molecule has 544 valence electrons. The summed E-state index contributed by atoms with van der Waals surface area (Å²) in [4.78, 5) is 73.2. The van der Waals surface area contributed by atoms with Crippen LogP contribution >= 0.6 is 0 Å². The minimum Gasteiger partial charge on any atom is -0.480 e. The topological polar surface area (TPSA) is 394 Å². The van der Waals surface area contributed by atoms with Crippen LogP contribution in [0.5, 0.6) is 0 Å². The van der Waals surface area contributed by atoms with Crippen LogP contribution in [0.3, 0.4) is 0 Å². The van der Waals surface area contributed by atoms with Crippen LogP contribution in [-0.4, -0.2) is 442 Å². The number of ether oxygens (including phenoxy) is 2. The first-order valence-electron chi connectivity index (χ1n) is 31.8. The van der Waals surface area contributed by atoms with Crippen molar-refractivity contribution in [3.8, 4) is 0 Å². The largest absolute Gasteiger partial charge is 0.480 e. The van der Waals surface area contributed by atoms with E-state index in [0.717, 1.165) is 117 Å². The quantitative estimate of drug-likeness (QED) is 0.0833. The number of carboxylic acids is 5. The van der Waals surface area contributed by atoms with Gasteiger partial charge in [-0.05, 0) is 163 Å². The molecule has 0 bridgehead atoms. The summed E-state index contributed by atoms with van der Waals surface area (Å²) in [5, 5.41) is 106. The van der Waals surface area contributed by atoms with Crippen molar-refractivity contribution in [2.75, 3.05) is 224 Å². The van der Waals surface area contributed by atoms with E-state index in [1.807, 2.05) is 70.1 Å². The highest BCUT2D eigenvalue weighted by Crippen LogP contribution is 2.18. The van der Waals surface area contributed by atoms with Crippen LogP contribution in [0.25, 0.3) is 0 Å². The number of β-amino-alcohol motifs (C(OH)–C–C–N with tert-alkyl or cyclic N) is 3. The van der Waals surface area contributed by atoms with E-state index in [9.17, 15) is 24.0 Å². The van der Waals surface area contributed by atoms with E-state index in [1.54, 1.807) is 63.2 Å². The van der Waals surface area contributed by atoms with Crippen molar-refractivity contribution in [1.82, 2.24) is 59.2 Å². The molecule has 0 amide bonds. The standard InChI is InChI=1S/2C6H11NO3.C6H11NO2.C6H9NO2.C5H9NO2.3C5H11NO.C5H13NO.C4H11NO2.C4H9NO.C4H9N/c1-7-3-4(8)2-5(7)6(9)10;1-7-3-2-4(8)5(7)6(9)10;2*1-7-4-2-3-5(7)6(8)9;1-6-3-2-4(6)5(7)8;1-6-3-5(4-6)7-2;1-6-3-2-5(7)4-6;1-6-4-2-3-5(6)7;1-6(2)4-5-7-3;1-5-2-4(7)3-6;1-5-2-4(6)3-5;1-5-3-2-4-5/h2*4-5,8H,2-3H2,1H3,(H,9,10);5H,2-4H2,1H3,(H,8,9);2-3,5H,4H2,1H3,(H,8,9);4H,2-3H2,1H3,(H,7,8);5H,3-4H2,1-2H3;2*5,7H,2-4H2,1H3;4-5H2,1-3H3;4-7H,2-3H2,1H3;4,6H,2-3H2,1H3;2-4H2,1H3. The molecule has 31 heteroatoms. The maximum Gasteiger partial charge on any atom is 0.324 e. The molecule has 10 unspecified atom stereocenters. The average Bonchev–Trinajstić information content (AvgIpc) is 1.43. The molecular formula is C61H126N12O19. The Kier molecular flexibility index (Phi) is 50.6. The van der Waals surface area contributed by atoms with Gasteiger partial charge in [0.2, 0.25) is 0 Å². The van der Waals surface area contributed by atoms with Crippen molar-refractivity contribution in [3.63, 3.8) is 0 Å². The predicted molar refractivity (Wildman–Crippen MR) is 352 cm³/mol. The highest BCUT2D eigenvalue weighted by Gasteiger charge is 2.36. The molecule has 13 N–H and O–H groups in total. The summed E-state index contributed by atoms with van der Waals surface area (Å²) in [6.45, 7) is 15.4. The number of hydrogen-bond acceptors (Lipinski definition) is 26. The van der Waals surface area contributed by atoms with Crippen LogP contribution in [0, 0.1) is 0 Å². The fourth-order valence-corrected chi connectivity index (χ4v) is 9.79. The Balaban J connectivity index is 0. The molecule has 0 aromatic carbocycles. The summed E-state index contributed by atoms with van der Waals surface area (Å²) < 4.78 is 9.83. The Labute approximate surface area is 548 Å². The van der Waals surface area contributed by atoms with Gasteiger partial charge < -0.3 is 101 Å². The summed E-state index contributed by atoms with van der Waals surface area (Å²) in [7, 11) is 28.3. The van der Waals surface area contributed by atoms with Crippen molar-refractivity contribution in [1.29, 1.82) is 0 Å². The van der Waals surface area contributed by atoms with Crippen molar-refractivity contribution in [2.45, 2.75) is 131 Å². The first-order chi connectivity index (χ1) is 43.1. The highest BCUT2D eigenvalue weighted by atomic mass is 16.5. The van der Waals surface area contributed by atoms with E-state index < -0.39 is 66.3 Å². The first-order valence-corrected chi connectivity index (χ1v) is 31.8. The van der Waals surface area contributed by atoms with Crippen LogP contribution in [0.15, 0.2) is 12.2 Å². The van der Waals surface area contributed by atoms with Crippen molar-refractivity contribution in [3.05, 3.63) is 12.2 Å². The summed E-state index contributed by atoms with van der Waals surface area (Å²) in [5.74, 6) is -3.94. The van der Waals surface area contributed by atoms with Gasteiger partial charge >= 0.3 is 29.8 Å². The molecule has 10 rings (SSSR count). The summed E-state index contributed by atoms with van der Waals surface area (Å²) in [6.07, 6.45) is 10.1. The molecule has 10 heterocycles. The summed E-state index contributed by atoms with van der Waals surface area (Å²) >= 11 is 0. The second-order valence-corrected chi connectivity index (χ2v) is 25.2. The highest BCUT2D eigenvalue weighted by molar-refractivity contribution is 5.76. The number of aliphatic hydroxyl groups excluding tert-OH is 7. The molecule has 10 aliphatic heterocycles. The van der Waals surface area contributed by atoms with Crippen molar-refractivity contribution in [2.24, 2.45) is 0 Å². The van der Waals surface area contributed by atoms with Gasteiger partial charge in [0.05, 0.1) is 49.8 Å². The molecule has 0 radical (unpaired) electrons. The van der Waals surface area contributed by atoms with Gasteiger partial charge in [-0.2, -0.15) is 0 Å². The fourth-order valence-electron chi connectivity index (χ4n) is 9.79. The normalized spacial score (nSPS) is 27.7. The number of likely N-dealkylation sites (tertiary alicyclic amines) is 9. The Morgan fingerprint density at radius 2 is 1.04 bits per heavy atom. The Morgan fingerprint density at radius 1 is 0.533 bits per heavy atom. The summed E-state index contributed by atoms with van der Waals surface area (Å²) in [6, 6.07) is -2.00. The number of nitrogens with one attached hydrogen (secondary N) is 1. The third-order valence-corrected chi connectivity index (χ3v) is 16.2. The van der Waals surface area contributed by atoms with E-state index in [1.165, 1.54) is 19.5 Å². The van der Waals surface area contributed by atoms with Crippen molar-refractivity contribution < 1.29 is 94.7 Å². The number of carboxylic acid groups (broad SMARTS) is 5. The van der Waals surface area contributed by atoms with Crippen molar-refractivity contribution >= 4 is 29.8 Å². The SMILES string of the molecule is CN1CC(O)C1.CN1CC(O)CC1C(=O)O.CN1CC=CC1C(=O)O.CN1CCC(O)C1.CN1CCC(O)C1C(=O)O.CN1CCC1.CN1CCC1C(=O)O.CN1CCCC1C(=O)O.CN1CCCC1O.CNCC(O)CO.COC1CN(C)C1.COCCN(C)C. The number of aliphatic carboxylic acids is 5. The Hall–Kier alpha value is -3.75. The maximum atomic E-state index is 10.4. The molecule has 9 fully saturated rings. The van der Waals surface area contributed by atoms with Gasteiger partial charge in [-0.25, -0.2) is 0 Å². The Bertz CT molecular complexity index is 1920. The number of rotatable bonds is 12. The van der Waals surface area contributed by atoms with E-state index in [4.69, 9.17) is 70.8 Å². The second kappa shape index (κ2) is 51.5. The van der Waals surface area contributed by atoms with Crippen LogP contribution < -0.4 is 5.32 Å². The number of aliphatic hydroxyl groups is 7.